The van der Waals surface area contributed by atoms with Crippen molar-refractivity contribution in [3.63, 3.8) is 0 Å². The maximum atomic E-state index is 13.7. The Kier molecular flexibility index (Phi) is 6.03. The van der Waals surface area contributed by atoms with E-state index in [0.29, 0.717) is 11.3 Å². The number of hydrogen-bond donors (Lipinski definition) is 0. The zero-order valence-electron chi connectivity index (χ0n) is 14.5. The highest BCUT2D eigenvalue weighted by Gasteiger charge is 2.22. The van der Waals surface area contributed by atoms with Gasteiger partial charge in [-0.05, 0) is 17.5 Å². The van der Waals surface area contributed by atoms with E-state index in [4.69, 9.17) is 0 Å². The van der Waals surface area contributed by atoms with Crippen LogP contribution in [-0.4, -0.2) is 37.0 Å². The number of thiazole rings is 1. The Labute approximate surface area is 165 Å². The van der Waals surface area contributed by atoms with Crippen LogP contribution < -0.4 is 0 Å². The van der Waals surface area contributed by atoms with Crippen molar-refractivity contribution in [2.24, 2.45) is 0 Å². The summed E-state index contributed by atoms with van der Waals surface area (Å²) in [4.78, 5) is 18.8. The first-order chi connectivity index (χ1) is 12.8. The van der Waals surface area contributed by atoms with Gasteiger partial charge < -0.3 is 4.90 Å². The Balaban J connectivity index is 1.62. The highest BCUT2D eigenvalue weighted by Crippen LogP contribution is 2.28. The van der Waals surface area contributed by atoms with Crippen molar-refractivity contribution in [2.75, 3.05) is 12.8 Å². The second-order valence-electron chi connectivity index (χ2n) is 5.99. The Morgan fingerprint density at radius 1 is 1.19 bits per heavy atom. The summed E-state index contributed by atoms with van der Waals surface area (Å²) < 4.78 is 38.4. The van der Waals surface area contributed by atoms with E-state index in [0.717, 1.165) is 9.88 Å². The van der Waals surface area contributed by atoms with Crippen molar-refractivity contribution in [3.8, 4) is 9.88 Å². The van der Waals surface area contributed by atoms with E-state index >= 15 is 0 Å². The molecule has 0 saturated heterocycles. The van der Waals surface area contributed by atoms with Crippen molar-refractivity contribution in [1.29, 1.82) is 0 Å². The molecule has 0 aliphatic carbocycles. The van der Waals surface area contributed by atoms with Gasteiger partial charge in [-0.2, -0.15) is 0 Å². The van der Waals surface area contributed by atoms with Crippen LogP contribution in [0.4, 0.5) is 4.39 Å². The van der Waals surface area contributed by atoms with Crippen LogP contribution in [0.5, 0.6) is 0 Å². The molecule has 5 nitrogen and oxygen atoms in total. The van der Waals surface area contributed by atoms with Crippen molar-refractivity contribution >= 4 is 38.4 Å². The minimum Gasteiger partial charge on any atom is -0.340 e. The van der Waals surface area contributed by atoms with E-state index in [-0.39, 0.29) is 12.3 Å². The maximum absolute atomic E-state index is 13.7. The van der Waals surface area contributed by atoms with Gasteiger partial charge in [0.15, 0.2) is 9.84 Å². The first-order valence-electron chi connectivity index (χ1n) is 8.00. The first kappa shape index (κ1) is 19.7. The van der Waals surface area contributed by atoms with E-state index in [1.807, 2.05) is 17.5 Å². The molecule has 0 atom stereocenters. The van der Waals surface area contributed by atoms with Crippen LogP contribution in [0.25, 0.3) is 9.88 Å². The van der Waals surface area contributed by atoms with Crippen LogP contribution >= 0.6 is 22.7 Å². The third-order valence-electron chi connectivity index (χ3n) is 3.79. The van der Waals surface area contributed by atoms with Crippen LogP contribution in [0.3, 0.4) is 0 Å². The molecule has 0 bridgehead atoms. The number of aromatic nitrogens is 1. The lowest BCUT2D eigenvalue weighted by molar-refractivity contribution is -0.127. The zero-order valence-corrected chi connectivity index (χ0v) is 16.9. The lowest BCUT2D eigenvalue weighted by Crippen LogP contribution is -2.32. The van der Waals surface area contributed by atoms with Gasteiger partial charge in [-0.3, -0.25) is 4.79 Å². The van der Waals surface area contributed by atoms with Gasteiger partial charge in [0, 0.05) is 24.5 Å². The Morgan fingerprint density at radius 3 is 2.67 bits per heavy atom. The number of sulfone groups is 1. The van der Waals surface area contributed by atoms with E-state index in [9.17, 15) is 17.6 Å². The van der Waals surface area contributed by atoms with E-state index < -0.39 is 27.3 Å². The fourth-order valence-electron chi connectivity index (χ4n) is 2.43. The van der Waals surface area contributed by atoms with Crippen LogP contribution in [0.2, 0.25) is 0 Å². The van der Waals surface area contributed by atoms with Crippen molar-refractivity contribution in [3.05, 3.63) is 64.2 Å². The van der Waals surface area contributed by atoms with E-state index in [1.54, 1.807) is 23.6 Å². The van der Waals surface area contributed by atoms with Crippen molar-refractivity contribution < 1.29 is 17.6 Å². The second kappa shape index (κ2) is 8.28. The molecular formula is C18H17FN2O3S3. The molecule has 142 valence electrons. The molecule has 0 saturated carbocycles. The third kappa shape index (κ3) is 5.21. The molecule has 0 N–H and O–H groups in total. The summed E-state index contributed by atoms with van der Waals surface area (Å²) in [6.07, 6.45) is 0. The predicted octanol–water partition coefficient (Wildman–Crippen LogP) is 3.58. The Hall–Kier alpha value is -2.10. The maximum Gasteiger partial charge on any atom is 0.237 e. The number of carbonyl (C=O) groups is 1. The van der Waals surface area contributed by atoms with Crippen LogP contribution in [0.1, 0.15) is 11.3 Å². The molecule has 0 spiro atoms. The van der Waals surface area contributed by atoms with Gasteiger partial charge in [0.2, 0.25) is 5.91 Å². The Bertz CT molecular complexity index is 1030. The number of benzene rings is 1. The molecule has 1 amide bonds. The monoisotopic (exact) mass is 424 g/mol. The first-order valence-corrected chi connectivity index (χ1v) is 11.6. The quantitative estimate of drug-likeness (QED) is 0.581. The summed E-state index contributed by atoms with van der Waals surface area (Å²) in [5.74, 6) is -1.94. The van der Waals surface area contributed by atoms with Crippen molar-refractivity contribution in [1.82, 2.24) is 9.88 Å². The number of amides is 1. The predicted molar refractivity (Wildman–Crippen MR) is 106 cm³/mol. The number of rotatable bonds is 7. The number of nitrogens with zero attached hydrogens (tertiary/aromatic N) is 2. The van der Waals surface area contributed by atoms with E-state index in [1.165, 1.54) is 40.7 Å². The third-order valence-corrected chi connectivity index (χ3v) is 7.14. The van der Waals surface area contributed by atoms with Gasteiger partial charge in [0.1, 0.15) is 16.6 Å². The number of halogens is 1. The van der Waals surface area contributed by atoms with Gasteiger partial charge >= 0.3 is 0 Å². The Morgan fingerprint density at radius 2 is 1.96 bits per heavy atom. The average molecular weight is 425 g/mol. The summed E-state index contributed by atoms with van der Waals surface area (Å²) in [7, 11) is -2.21. The second-order valence-corrected chi connectivity index (χ2v) is 9.87. The molecule has 0 radical (unpaired) electrons. The van der Waals surface area contributed by atoms with Gasteiger partial charge in [0.25, 0.3) is 0 Å². The fraction of sp³-hybridized carbons (Fsp3) is 0.222. The standard InChI is InChI=1S/C18H17FN2O3S3/c1-21(9-13-5-2-3-6-15(13)19)17(22)12-27(23,24)11-14-10-26-18(20-14)16-7-4-8-25-16/h2-8,10H,9,11-12H2,1H3. The molecule has 2 aromatic heterocycles. The summed E-state index contributed by atoms with van der Waals surface area (Å²) in [6.45, 7) is 0.0141. The van der Waals surface area contributed by atoms with Crippen LogP contribution in [-0.2, 0) is 26.9 Å². The van der Waals surface area contributed by atoms with Gasteiger partial charge in [0.05, 0.1) is 16.3 Å². The minimum absolute atomic E-state index is 0.0141. The molecule has 2 heterocycles. The average Bonchev–Trinajstić information content (AvgIpc) is 3.27. The molecular weight excluding hydrogens is 407 g/mol. The molecule has 27 heavy (non-hydrogen) atoms. The van der Waals surface area contributed by atoms with Crippen LogP contribution in [0.15, 0.2) is 47.2 Å². The topological polar surface area (TPSA) is 67.3 Å². The zero-order chi connectivity index (χ0) is 19.4. The van der Waals surface area contributed by atoms with E-state index in [2.05, 4.69) is 4.98 Å². The molecule has 9 heteroatoms. The molecule has 0 aliphatic rings. The molecule has 0 unspecified atom stereocenters. The smallest absolute Gasteiger partial charge is 0.237 e. The number of hydrogen-bond acceptors (Lipinski definition) is 6. The lowest BCUT2D eigenvalue weighted by atomic mass is 10.2. The largest absolute Gasteiger partial charge is 0.340 e. The lowest BCUT2D eigenvalue weighted by Gasteiger charge is -2.17. The molecule has 3 aromatic rings. The SMILES string of the molecule is CN(Cc1ccccc1F)C(=O)CS(=O)(=O)Cc1csc(-c2cccs2)n1. The van der Waals surface area contributed by atoms with Gasteiger partial charge in [-0.1, -0.05) is 24.3 Å². The normalized spacial score (nSPS) is 11.5. The highest BCUT2D eigenvalue weighted by atomic mass is 32.2. The highest BCUT2D eigenvalue weighted by molar-refractivity contribution is 7.91. The minimum atomic E-state index is -3.67. The molecule has 1 aromatic carbocycles. The number of carbonyl (C=O) groups excluding carboxylic acids is 1. The molecule has 0 fully saturated rings. The van der Waals surface area contributed by atoms with Gasteiger partial charge in [-0.15, -0.1) is 22.7 Å². The van der Waals surface area contributed by atoms with Gasteiger partial charge in [-0.25, -0.2) is 17.8 Å². The summed E-state index contributed by atoms with van der Waals surface area (Å²) in [6, 6.07) is 9.92. The summed E-state index contributed by atoms with van der Waals surface area (Å²) in [5, 5.41) is 4.38. The molecule has 0 aliphatic heterocycles. The number of thiophene rings is 1. The van der Waals surface area contributed by atoms with Crippen LogP contribution in [0, 0.1) is 5.82 Å². The van der Waals surface area contributed by atoms with Crippen molar-refractivity contribution in [2.45, 2.75) is 12.3 Å². The summed E-state index contributed by atoms with van der Waals surface area (Å²) >= 11 is 2.91. The molecule has 3 rings (SSSR count). The fourth-order valence-corrected chi connectivity index (χ4v) is 5.47. The summed E-state index contributed by atoms with van der Waals surface area (Å²) in [5.41, 5.74) is 0.763.